The molecule has 0 fully saturated rings. The van der Waals surface area contributed by atoms with Crippen molar-refractivity contribution in [3.63, 3.8) is 0 Å². The Morgan fingerprint density at radius 1 is 0.729 bits per heavy atom. The molecule has 1 atom stereocenters. The molecule has 5 aromatic carbocycles. The number of para-hydroxylation sites is 2. The molecule has 1 heterocycles. The van der Waals surface area contributed by atoms with Gasteiger partial charge in [-0.2, -0.15) is 0 Å². The highest BCUT2D eigenvalue weighted by molar-refractivity contribution is 8.00. The quantitative estimate of drug-likeness (QED) is 0.0454. The summed E-state index contributed by atoms with van der Waals surface area (Å²) in [6.45, 7) is 3.89. The second-order valence-corrected chi connectivity index (χ2v) is 15.0. The molecule has 1 unspecified atom stereocenters. The maximum Gasteiger partial charge on any atom is 0.341 e. The Balaban J connectivity index is 1.26. The van der Waals surface area contributed by atoms with Gasteiger partial charge in [-0.15, -0.1) is 23.1 Å². The van der Waals surface area contributed by atoms with Crippen molar-refractivity contribution in [1.82, 2.24) is 5.32 Å². The summed E-state index contributed by atoms with van der Waals surface area (Å²) in [6, 6.07) is 40.7. The van der Waals surface area contributed by atoms with Gasteiger partial charge in [0.05, 0.1) is 24.2 Å². The predicted molar refractivity (Wildman–Crippen MR) is 233 cm³/mol. The van der Waals surface area contributed by atoms with Crippen LogP contribution in [0.1, 0.15) is 59.3 Å². The van der Waals surface area contributed by atoms with Gasteiger partial charge < -0.3 is 30.7 Å². The summed E-state index contributed by atoms with van der Waals surface area (Å²) in [4.78, 5) is 68.8. The van der Waals surface area contributed by atoms with Gasteiger partial charge in [-0.3, -0.25) is 19.2 Å². The van der Waals surface area contributed by atoms with Crippen molar-refractivity contribution in [2.45, 2.75) is 24.0 Å². The highest BCUT2D eigenvalue weighted by Gasteiger charge is 2.30. The molecule has 0 spiro atoms. The van der Waals surface area contributed by atoms with Gasteiger partial charge in [-0.1, -0.05) is 91.0 Å². The highest BCUT2D eigenvalue weighted by atomic mass is 32.2. The molecular formula is C46H40N4O7S2. The Labute approximate surface area is 349 Å². The second kappa shape index (κ2) is 19.9. The predicted octanol–water partition coefficient (Wildman–Crippen LogP) is 9.38. The molecule has 6 aromatic rings. The number of ether oxygens (including phenoxy) is 2. The minimum absolute atomic E-state index is 0.0185. The van der Waals surface area contributed by atoms with E-state index >= 15 is 0 Å². The largest absolute Gasteiger partial charge is 0.493 e. The van der Waals surface area contributed by atoms with Gasteiger partial charge in [0.15, 0.2) is 0 Å². The first kappa shape index (κ1) is 41.7. The lowest BCUT2D eigenvalue weighted by atomic mass is 10.1. The third-order valence-electron chi connectivity index (χ3n) is 8.74. The number of rotatable bonds is 15. The van der Waals surface area contributed by atoms with E-state index in [1.54, 1.807) is 110 Å². The van der Waals surface area contributed by atoms with Crippen molar-refractivity contribution < 1.29 is 33.4 Å². The van der Waals surface area contributed by atoms with E-state index in [4.69, 9.17) is 9.47 Å². The number of nitrogens with one attached hydrogen (secondary N) is 4. The number of amides is 4. The van der Waals surface area contributed by atoms with E-state index < -0.39 is 34.8 Å². The molecule has 1 aromatic heterocycles. The summed E-state index contributed by atoms with van der Waals surface area (Å²) < 4.78 is 10.8. The summed E-state index contributed by atoms with van der Waals surface area (Å²) in [7, 11) is 1.24. The van der Waals surface area contributed by atoms with Crippen molar-refractivity contribution in [3.05, 3.63) is 178 Å². The molecule has 0 aliphatic carbocycles. The fraction of sp³-hybridized carbons (Fsp3) is 0.109. The SMILES string of the molecule is CCOc1ccccc1/C=C(/NC(=O)c1ccccc1)C(=O)Nc1cccc(SC(C(=O)Nc2sc(C(=O)Nc3ccccc3)c(C)c2C(=O)OC)c2ccccc2)c1. The number of methoxy groups -OCH3 is 1. The number of carbonyl (C=O) groups excluding carboxylic acids is 5. The number of esters is 1. The minimum atomic E-state index is -0.840. The van der Waals surface area contributed by atoms with E-state index in [-0.39, 0.29) is 21.1 Å². The van der Waals surface area contributed by atoms with E-state index in [1.165, 1.54) is 18.9 Å². The molecule has 0 aliphatic heterocycles. The topological polar surface area (TPSA) is 152 Å². The molecular weight excluding hydrogens is 785 g/mol. The molecule has 11 nitrogen and oxygen atoms in total. The number of anilines is 3. The Bertz CT molecular complexity index is 2490. The number of thiophene rings is 1. The summed E-state index contributed by atoms with van der Waals surface area (Å²) in [5, 5.41) is 10.7. The lowest BCUT2D eigenvalue weighted by molar-refractivity contribution is -0.116. The Hall–Kier alpha value is -6.96. The highest BCUT2D eigenvalue weighted by Crippen LogP contribution is 2.40. The van der Waals surface area contributed by atoms with Crippen LogP contribution in [-0.4, -0.2) is 43.3 Å². The fourth-order valence-electron chi connectivity index (χ4n) is 5.92. The first-order chi connectivity index (χ1) is 28.6. The van der Waals surface area contributed by atoms with Gasteiger partial charge in [0.25, 0.3) is 17.7 Å². The number of hydrogen-bond acceptors (Lipinski definition) is 9. The first-order valence-electron chi connectivity index (χ1n) is 18.5. The molecule has 4 amide bonds. The Kier molecular flexibility index (Phi) is 14.1. The molecule has 0 radical (unpaired) electrons. The average molecular weight is 825 g/mol. The van der Waals surface area contributed by atoms with Gasteiger partial charge >= 0.3 is 5.97 Å². The zero-order valence-electron chi connectivity index (χ0n) is 32.3. The third-order valence-corrected chi connectivity index (χ3v) is 11.2. The van der Waals surface area contributed by atoms with E-state index in [2.05, 4.69) is 21.3 Å². The summed E-state index contributed by atoms with van der Waals surface area (Å²) >= 11 is 2.20. The zero-order valence-corrected chi connectivity index (χ0v) is 33.9. The van der Waals surface area contributed by atoms with Gasteiger partial charge in [-0.25, -0.2) is 4.79 Å². The molecule has 0 saturated carbocycles. The molecule has 298 valence electrons. The van der Waals surface area contributed by atoms with Crippen LogP contribution < -0.4 is 26.0 Å². The Morgan fingerprint density at radius 3 is 2.07 bits per heavy atom. The van der Waals surface area contributed by atoms with Crippen molar-refractivity contribution in [1.29, 1.82) is 0 Å². The number of hydrogen-bond donors (Lipinski definition) is 4. The summed E-state index contributed by atoms with van der Waals surface area (Å²) in [5.74, 6) is -2.11. The molecule has 0 saturated heterocycles. The van der Waals surface area contributed by atoms with Crippen LogP contribution in [0.4, 0.5) is 16.4 Å². The Morgan fingerprint density at radius 2 is 1.37 bits per heavy atom. The number of thioether (sulfide) groups is 1. The summed E-state index contributed by atoms with van der Waals surface area (Å²) in [6.07, 6.45) is 1.56. The maximum absolute atomic E-state index is 14.3. The van der Waals surface area contributed by atoms with Crippen LogP contribution in [0, 0.1) is 6.92 Å². The fourth-order valence-corrected chi connectivity index (χ4v) is 8.10. The monoisotopic (exact) mass is 824 g/mol. The number of carbonyl (C=O) groups is 5. The standard InChI is InChI=1S/C46H40N4O7S2/c1-4-57-37-26-15-14-21-32(37)27-36(49-41(51)31-19-10-6-11-20-31)42(52)48-34-24-16-25-35(28-34)58-40(30-17-8-5-9-18-30)44(54)50-45-38(46(55)56-3)29(2)39(59-45)43(53)47-33-22-12-7-13-23-33/h5-28,40H,4H2,1-3H3,(H,47,53)(H,48,52)(H,49,51)(H,50,54)/b36-27+. The van der Waals surface area contributed by atoms with Crippen molar-refractivity contribution in [2.75, 3.05) is 29.7 Å². The van der Waals surface area contributed by atoms with Crippen LogP contribution >= 0.6 is 23.1 Å². The smallest absolute Gasteiger partial charge is 0.341 e. The van der Waals surface area contributed by atoms with Gasteiger partial charge in [0.1, 0.15) is 21.7 Å². The minimum Gasteiger partial charge on any atom is -0.493 e. The van der Waals surface area contributed by atoms with Crippen LogP contribution in [-0.2, 0) is 14.3 Å². The zero-order chi connectivity index (χ0) is 41.7. The molecule has 59 heavy (non-hydrogen) atoms. The van der Waals surface area contributed by atoms with Crippen molar-refractivity contribution in [3.8, 4) is 5.75 Å². The molecule has 4 N–H and O–H groups in total. The van der Waals surface area contributed by atoms with E-state index in [0.29, 0.717) is 50.9 Å². The van der Waals surface area contributed by atoms with Crippen LogP contribution in [0.3, 0.4) is 0 Å². The third kappa shape index (κ3) is 10.7. The van der Waals surface area contributed by atoms with Crippen molar-refractivity contribution >= 4 is 75.1 Å². The van der Waals surface area contributed by atoms with E-state index in [9.17, 15) is 24.0 Å². The molecule has 6 rings (SSSR count). The van der Waals surface area contributed by atoms with Crippen LogP contribution in [0.5, 0.6) is 5.75 Å². The second-order valence-electron chi connectivity index (χ2n) is 12.8. The van der Waals surface area contributed by atoms with Crippen LogP contribution in [0.2, 0.25) is 0 Å². The normalized spacial score (nSPS) is 11.5. The summed E-state index contributed by atoms with van der Waals surface area (Å²) in [5.41, 5.74) is 3.04. The van der Waals surface area contributed by atoms with Gasteiger partial charge in [0, 0.05) is 27.4 Å². The first-order valence-corrected chi connectivity index (χ1v) is 20.2. The van der Waals surface area contributed by atoms with Crippen LogP contribution in [0.15, 0.2) is 150 Å². The number of benzene rings is 5. The molecule has 0 aliphatic rings. The van der Waals surface area contributed by atoms with Gasteiger partial charge in [-0.05, 0) is 79.6 Å². The average Bonchev–Trinajstić information content (AvgIpc) is 3.58. The molecule has 0 bridgehead atoms. The lowest BCUT2D eigenvalue weighted by Gasteiger charge is -2.18. The molecule has 13 heteroatoms. The lowest BCUT2D eigenvalue weighted by Crippen LogP contribution is -2.30. The van der Waals surface area contributed by atoms with Crippen molar-refractivity contribution in [2.24, 2.45) is 0 Å². The van der Waals surface area contributed by atoms with Crippen LogP contribution in [0.25, 0.3) is 6.08 Å². The maximum atomic E-state index is 14.3. The van der Waals surface area contributed by atoms with Gasteiger partial charge in [0.2, 0.25) is 5.91 Å². The van der Waals surface area contributed by atoms with E-state index in [0.717, 1.165) is 11.3 Å². The van der Waals surface area contributed by atoms with E-state index in [1.807, 2.05) is 49.4 Å².